The van der Waals surface area contributed by atoms with E-state index in [-0.39, 0.29) is 23.4 Å². The number of aryl methyl sites for hydroxylation is 1. The summed E-state index contributed by atoms with van der Waals surface area (Å²) in [6, 6.07) is 22.4. The number of aromatic carboxylic acids is 1. The van der Waals surface area contributed by atoms with Crippen LogP contribution in [0.1, 0.15) is 65.1 Å². The molecular weight excluding hydrogens is 386 g/mol. The van der Waals surface area contributed by atoms with Crippen LogP contribution in [0.25, 0.3) is 0 Å². The number of anilines is 1. The van der Waals surface area contributed by atoms with E-state index < -0.39 is 5.97 Å². The zero-order valence-corrected chi connectivity index (χ0v) is 18.6. The molecule has 0 atom stereocenters. The highest BCUT2D eigenvalue weighted by Crippen LogP contribution is 2.27. The van der Waals surface area contributed by atoms with Gasteiger partial charge >= 0.3 is 5.97 Å². The Morgan fingerprint density at radius 3 is 2.16 bits per heavy atom. The van der Waals surface area contributed by atoms with Gasteiger partial charge in [-0.15, -0.1) is 0 Å². The number of rotatable bonds is 6. The maximum absolute atomic E-state index is 13.6. The lowest BCUT2D eigenvalue weighted by molar-refractivity contribution is 0.0696. The fourth-order valence-corrected chi connectivity index (χ4v) is 3.59. The summed E-state index contributed by atoms with van der Waals surface area (Å²) in [5.74, 6) is -1.09. The second kappa shape index (κ2) is 9.17. The van der Waals surface area contributed by atoms with Crippen LogP contribution in [0.15, 0.2) is 72.8 Å². The van der Waals surface area contributed by atoms with Crippen molar-refractivity contribution in [3.63, 3.8) is 0 Å². The molecule has 160 valence electrons. The third-order valence-corrected chi connectivity index (χ3v) is 5.42. The van der Waals surface area contributed by atoms with Crippen molar-refractivity contribution in [2.24, 2.45) is 0 Å². The van der Waals surface area contributed by atoms with Gasteiger partial charge in [0.1, 0.15) is 0 Å². The predicted octanol–water partition coefficient (Wildman–Crippen LogP) is 6.09. The highest BCUT2D eigenvalue weighted by Gasteiger charge is 2.22. The summed E-state index contributed by atoms with van der Waals surface area (Å²) in [7, 11) is 0. The van der Waals surface area contributed by atoms with E-state index in [4.69, 9.17) is 0 Å². The summed E-state index contributed by atoms with van der Waals surface area (Å²) in [5.41, 5.74) is 4.67. The van der Waals surface area contributed by atoms with Gasteiger partial charge in [0.05, 0.1) is 12.1 Å². The van der Waals surface area contributed by atoms with Crippen molar-refractivity contribution in [1.82, 2.24) is 0 Å². The number of carbonyl (C=O) groups excluding carboxylic acids is 1. The van der Waals surface area contributed by atoms with E-state index in [0.29, 0.717) is 5.56 Å². The first-order valence-corrected chi connectivity index (χ1v) is 10.5. The third-order valence-electron chi connectivity index (χ3n) is 5.42. The second-order valence-corrected chi connectivity index (χ2v) is 8.71. The monoisotopic (exact) mass is 415 g/mol. The highest BCUT2D eigenvalue weighted by molar-refractivity contribution is 6.06. The minimum Gasteiger partial charge on any atom is -0.478 e. The number of hydrogen-bond acceptors (Lipinski definition) is 2. The predicted molar refractivity (Wildman–Crippen MR) is 125 cm³/mol. The number of amides is 1. The number of para-hydroxylation sites is 1. The van der Waals surface area contributed by atoms with Crippen LogP contribution in [-0.4, -0.2) is 17.0 Å². The van der Waals surface area contributed by atoms with E-state index in [9.17, 15) is 14.7 Å². The van der Waals surface area contributed by atoms with Gasteiger partial charge in [-0.1, -0.05) is 70.2 Å². The van der Waals surface area contributed by atoms with Crippen LogP contribution < -0.4 is 4.90 Å². The second-order valence-electron chi connectivity index (χ2n) is 8.71. The number of carboxylic acid groups (broad SMARTS) is 1. The summed E-state index contributed by atoms with van der Waals surface area (Å²) in [4.78, 5) is 26.7. The molecule has 0 unspecified atom stereocenters. The van der Waals surface area contributed by atoms with E-state index in [1.54, 1.807) is 23.1 Å². The molecule has 4 heteroatoms. The topological polar surface area (TPSA) is 57.6 Å². The van der Waals surface area contributed by atoms with Crippen molar-refractivity contribution in [2.75, 3.05) is 4.90 Å². The van der Waals surface area contributed by atoms with Crippen molar-refractivity contribution in [3.8, 4) is 0 Å². The Hall–Kier alpha value is -3.40. The van der Waals surface area contributed by atoms with Gasteiger partial charge in [0.2, 0.25) is 0 Å². The Kier molecular flexibility index (Phi) is 6.59. The maximum atomic E-state index is 13.6. The summed E-state index contributed by atoms with van der Waals surface area (Å²) < 4.78 is 0. The van der Waals surface area contributed by atoms with Gasteiger partial charge in [-0.2, -0.15) is 0 Å². The molecule has 0 heterocycles. The Labute approximate surface area is 184 Å². The molecule has 31 heavy (non-hydrogen) atoms. The van der Waals surface area contributed by atoms with Gasteiger partial charge in [0.25, 0.3) is 5.91 Å². The van der Waals surface area contributed by atoms with Gasteiger partial charge in [0, 0.05) is 11.3 Å². The average Bonchev–Trinajstić information content (AvgIpc) is 2.76. The minimum atomic E-state index is -0.980. The van der Waals surface area contributed by atoms with Crippen molar-refractivity contribution in [1.29, 1.82) is 0 Å². The van der Waals surface area contributed by atoms with Crippen LogP contribution in [0.4, 0.5) is 5.69 Å². The van der Waals surface area contributed by atoms with Crippen LogP contribution >= 0.6 is 0 Å². The van der Waals surface area contributed by atoms with Crippen molar-refractivity contribution < 1.29 is 14.7 Å². The lowest BCUT2D eigenvalue weighted by atomic mass is 9.86. The molecule has 0 fully saturated rings. The molecule has 0 saturated heterocycles. The van der Waals surface area contributed by atoms with Crippen LogP contribution in [-0.2, 0) is 18.4 Å². The Morgan fingerprint density at radius 1 is 0.871 bits per heavy atom. The van der Waals surface area contributed by atoms with Crippen LogP contribution in [0.2, 0.25) is 0 Å². The molecule has 0 saturated carbocycles. The molecular formula is C27H29NO3. The molecule has 3 rings (SSSR count). The number of nitrogens with zero attached hydrogens (tertiary/aromatic N) is 1. The van der Waals surface area contributed by atoms with Crippen molar-refractivity contribution >= 4 is 17.6 Å². The van der Waals surface area contributed by atoms with Gasteiger partial charge in [-0.05, 0) is 58.9 Å². The molecule has 3 aromatic rings. The fraction of sp³-hybridized carbons (Fsp3) is 0.259. The molecule has 0 radical (unpaired) electrons. The molecule has 0 aromatic heterocycles. The normalized spacial score (nSPS) is 11.2. The van der Waals surface area contributed by atoms with Gasteiger partial charge < -0.3 is 10.0 Å². The van der Waals surface area contributed by atoms with E-state index in [0.717, 1.165) is 23.2 Å². The molecule has 0 aliphatic rings. The molecule has 0 aliphatic carbocycles. The van der Waals surface area contributed by atoms with E-state index >= 15 is 0 Å². The summed E-state index contributed by atoms with van der Waals surface area (Å²) >= 11 is 0. The van der Waals surface area contributed by atoms with E-state index in [1.807, 2.05) is 54.6 Å². The largest absolute Gasteiger partial charge is 0.478 e. The molecule has 1 amide bonds. The van der Waals surface area contributed by atoms with Gasteiger partial charge in [-0.25, -0.2) is 4.79 Å². The molecule has 0 bridgehead atoms. The number of carboxylic acids is 1. The Morgan fingerprint density at radius 2 is 1.55 bits per heavy atom. The lowest BCUT2D eigenvalue weighted by Gasteiger charge is -2.26. The molecule has 0 spiro atoms. The number of benzene rings is 3. The Balaban J connectivity index is 2.02. The smallest absolute Gasteiger partial charge is 0.335 e. The molecule has 3 aromatic carbocycles. The van der Waals surface area contributed by atoms with Gasteiger partial charge in [-0.3, -0.25) is 4.79 Å². The fourth-order valence-electron chi connectivity index (χ4n) is 3.59. The number of carbonyl (C=O) groups is 2. The lowest BCUT2D eigenvalue weighted by Crippen LogP contribution is -2.31. The van der Waals surface area contributed by atoms with Crippen LogP contribution in [0.5, 0.6) is 0 Å². The SMILES string of the molecule is CCc1ccccc1N(Cc1cccc(C(=O)O)c1)C(=O)c1ccc(C(C)(C)C)cc1. The minimum absolute atomic E-state index is 0.00729. The van der Waals surface area contributed by atoms with E-state index in [2.05, 4.69) is 27.7 Å². The third kappa shape index (κ3) is 5.21. The zero-order valence-electron chi connectivity index (χ0n) is 18.6. The first-order chi connectivity index (χ1) is 14.7. The van der Waals surface area contributed by atoms with Crippen molar-refractivity contribution in [3.05, 3.63) is 101 Å². The summed E-state index contributed by atoms with van der Waals surface area (Å²) in [6.45, 7) is 8.78. The Bertz CT molecular complexity index is 1080. The van der Waals surface area contributed by atoms with Crippen LogP contribution in [0, 0.1) is 0 Å². The molecule has 4 nitrogen and oxygen atoms in total. The summed E-state index contributed by atoms with van der Waals surface area (Å²) in [5, 5.41) is 9.34. The molecule has 1 N–H and O–H groups in total. The first-order valence-electron chi connectivity index (χ1n) is 10.5. The number of hydrogen-bond donors (Lipinski definition) is 1. The maximum Gasteiger partial charge on any atom is 0.335 e. The van der Waals surface area contributed by atoms with Gasteiger partial charge in [0.15, 0.2) is 0 Å². The first kappa shape index (κ1) is 22.3. The quantitative estimate of drug-likeness (QED) is 0.530. The van der Waals surface area contributed by atoms with Crippen molar-refractivity contribution in [2.45, 2.75) is 46.1 Å². The van der Waals surface area contributed by atoms with Crippen LogP contribution in [0.3, 0.4) is 0 Å². The zero-order chi connectivity index (χ0) is 22.6. The molecule has 0 aliphatic heterocycles. The average molecular weight is 416 g/mol. The van der Waals surface area contributed by atoms with E-state index in [1.165, 1.54) is 5.56 Å². The highest BCUT2D eigenvalue weighted by atomic mass is 16.4. The summed E-state index contributed by atoms with van der Waals surface area (Å²) in [6.07, 6.45) is 0.790. The standard InChI is InChI=1S/C27H29NO3/c1-5-20-10-6-7-12-24(20)28(18-19-9-8-11-22(17-19)26(30)31)25(29)21-13-15-23(16-14-21)27(2,3)4/h6-17H,5,18H2,1-4H3,(H,30,31).